The molecule has 1 aliphatic rings. The fraction of sp³-hybridized carbons (Fsp3) is 0.562. The SMILES string of the molecule is Cc1ccc(F)cc1NC(=O)CN1CCCC1CCCO. The highest BCUT2D eigenvalue weighted by atomic mass is 19.1. The van der Waals surface area contributed by atoms with Gasteiger partial charge in [-0.1, -0.05) is 6.07 Å². The highest BCUT2D eigenvalue weighted by Gasteiger charge is 2.25. The first-order valence-corrected chi connectivity index (χ1v) is 7.51. The second-order valence-electron chi connectivity index (χ2n) is 5.64. The molecule has 2 rings (SSSR count). The lowest BCUT2D eigenvalue weighted by atomic mass is 10.1. The molecule has 1 fully saturated rings. The van der Waals surface area contributed by atoms with Gasteiger partial charge in [0.15, 0.2) is 0 Å². The maximum atomic E-state index is 13.2. The Kier molecular flexibility index (Phi) is 5.70. The molecule has 21 heavy (non-hydrogen) atoms. The van der Waals surface area contributed by atoms with Crippen LogP contribution in [0.4, 0.5) is 10.1 Å². The smallest absolute Gasteiger partial charge is 0.238 e. The van der Waals surface area contributed by atoms with Crippen molar-refractivity contribution in [1.82, 2.24) is 4.90 Å². The van der Waals surface area contributed by atoms with Crippen LogP contribution in [-0.4, -0.2) is 41.7 Å². The van der Waals surface area contributed by atoms with Crippen molar-refractivity contribution in [3.8, 4) is 0 Å². The summed E-state index contributed by atoms with van der Waals surface area (Å²) in [7, 11) is 0. The molecule has 0 aromatic heterocycles. The number of rotatable bonds is 6. The van der Waals surface area contributed by atoms with Crippen molar-refractivity contribution in [2.45, 2.75) is 38.6 Å². The van der Waals surface area contributed by atoms with Gasteiger partial charge in [-0.05, 0) is 56.8 Å². The van der Waals surface area contributed by atoms with Gasteiger partial charge in [0.05, 0.1) is 6.54 Å². The quantitative estimate of drug-likeness (QED) is 0.846. The minimum absolute atomic E-state index is 0.111. The summed E-state index contributed by atoms with van der Waals surface area (Å²) in [6.07, 6.45) is 3.85. The number of halogens is 1. The number of nitrogens with one attached hydrogen (secondary N) is 1. The fourth-order valence-electron chi connectivity index (χ4n) is 2.86. The largest absolute Gasteiger partial charge is 0.396 e. The zero-order valence-electron chi connectivity index (χ0n) is 12.4. The molecule has 5 heteroatoms. The molecule has 4 nitrogen and oxygen atoms in total. The summed E-state index contributed by atoms with van der Waals surface area (Å²) in [5.74, 6) is -0.461. The van der Waals surface area contributed by atoms with Crippen molar-refractivity contribution in [1.29, 1.82) is 0 Å². The van der Waals surface area contributed by atoms with E-state index in [0.29, 0.717) is 18.3 Å². The highest BCUT2D eigenvalue weighted by Crippen LogP contribution is 2.21. The zero-order valence-corrected chi connectivity index (χ0v) is 12.4. The molecule has 1 saturated heterocycles. The Balaban J connectivity index is 1.90. The molecule has 1 heterocycles. The summed E-state index contributed by atoms with van der Waals surface area (Å²) in [5.41, 5.74) is 1.38. The molecule has 1 aliphatic heterocycles. The lowest BCUT2D eigenvalue weighted by Gasteiger charge is -2.23. The number of aliphatic hydroxyl groups is 1. The lowest BCUT2D eigenvalue weighted by molar-refractivity contribution is -0.117. The first-order chi connectivity index (χ1) is 10.1. The van der Waals surface area contributed by atoms with Crippen LogP contribution in [0.5, 0.6) is 0 Å². The Morgan fingerprint density at radius 2 is 2.33 bits per heavy atom. The number of benzene rings is 1. The van der Waals surface area contributed by atoms with Crippen molar-refractivity contribution < 1.29 is 14.3 Å². The summed E-state index contributed by atoms with van der Waals surface area (Å²) in [6.45, 7) is 3.27. The molecular formula is C16H23FN2O2. The predicted octanol–water partition coefficient (Wildman–Crippen LogP) is 2.31. The van der Waals surface area contributed by atoms with Crippen LogP contribution in [0.2, 0.25) is 0 Å². The van der Waals surface area contributed by atoms with Crippen LogP contribution in [0, 0.1) is 12.7 Å². The molecule has 1 aromatic carbocycles. The highest BCUT2D eigenvalue weighted by molar-refractivity contribution is 5.93. The van der Waals surface area contributed by atoms with Crippen LogP contribution in [0.15, 0.2) is 18.2 Å². The van der Waals surface area contributed by atoms with E-state index in [1.807, 2.05) is 6.92 Å². The second-order valence-corrected chi connectivity index (χ2v) is 5.64. The Hall–Kier alpha value is -1.46. The van der Waals surface area contributed by atoms with Crippen LogP contribution < -0.4 is 5.32 Å². The third kappa shape index (κ3) is 4.51. The third-order valence-electron chi connectivity index (χ3n) is 4.01. The Morgan fingerprint density at radius 1 is 1.52 bits per heavy atom. The van der Waals surface area contributed by atoms with Crippen LogP contribution >= 0.6 is 0 Å². The number of aryl methyl sites for hydroxylation is 1. The number of carbonyl (C=O) groups is 1. The van der Waals surface area contributed by atoms with E-state index < -0.39 is 0 Å². The molecule has 0 bridgehead atoms. The van der Waals surface area contributed by atoms with Gasteiger partial charge in [-0.3, -0.25) is 9.69 Å². The van der Waals surface area contributed by atoms with Gasteiger partial charge in [-0.15, -0.1) is 0 Å². The van der Waals surface area contributed by atoms with Gasteiger partial charge in [-0.25, -0.2) is 4.39 Å². The van der Waals surface area contributed by atoms with Crippen molar-refractivity contribution in [3.63, 3.8) is 0 Å². The zero-order chi connectivity index (χ0) is 15.2. The molecule has 1 aromatic rings. The number of hydrogen-bond donors (Lipinski definition) is 2. The average Bonchev–Trinajstić information content (AvgIpc) is 2.87. The Bertz CT molecular complexity index is 493. The number of hydrogen-bond acceptors (Lipinski definition) is 3. The summed E-state index contributed by atoms with van der Waals surface area (Å²) in [6, 6.07) is 4.76. The van der Waals surface area contributed by atoms with Gasteiger partial charge in [0, 0.05) is 18.3 Å². The monoisotopic (exact) mass is 294 g/mol. The molecular weight excluding hydrogens is 271 g/mol. The minimum atomic E-state index is -0.349. The Morgan fingerprint density at radius 3 is 3.10 bits per heavy atom. The predicted molar refractivity (Wildman–Crippen MR) is 80.7 cm³/mol. The average molecular weight is 294 g/mol. The van der Waals surface area contributed by atoms with Crippen LogP contribution in [0.1, 0.15) is 31.2 Å². The summed E-state index contributed by atoms with van der Waals surface area (Å²) >= 11 is 0. The van der Waals surface area contributed by atoms with Gasteiger partial charge in [-0.2, -0.15) is 0 Å². The number of carbonyl (C=O) groups excluding carboxylic acids is 1. The van der Waals surface area contributed by atoms with Crippen LogP contribution in [0.25, 0.3) is 0 Å². The fourth-order valence-corrected chi connectivity index (χ4v) is 2.86. The molecule has 1 atom stereocenters. The van der Waals surface area contributed by atoms with E-state index in [1.54, 1.807) is 6.07 Å². The maximum absolute atomic E-state index is 13.2. The lowest BCUT2D eigenvalue weighted by Crippen LogP contribution is -2.37. The Labute approximate surface area is 125 Å². The number of nitrogens with zero attached hydrogens (tertiary/aromatic N) is 1. The van der Waals surface area contributed by atoms with E-state index in [1.165, 1.54) is 12.1 Å². The van der Waals surface area contributed by atoms with E-state index in [0.717, 1.165) is 37.8 Å². The third-order valence-corrected chi connectivity index (χ3v) is 4.01. The summed E-state index contributed by atoms with van der Waals surface area (Å²) in [4.78, 5) is 14.3. The van der Waals surface area contributed by atoms with Crippen molar-refractivity contribution in [2.24, 2.45) is 0 Å². The van der Waals surface area contributed by atoms with Crippen LogP contribution in [-0.2, 0) is 4.79 Å². The number of likely N-dealkylation sites (tertiary alicyclic amines) is 1. The van der Waals surface area contributed by atoms with Crippen LogP contribution in [0.3, 0.4) is 0 Å². The molecule has 1 amide bonds. The first kappa shape index (κ1) is 15.9. The number of anilines is 1. The van der Waals surface area contributed by atoms with Crippen molar-refractivity contribution in [2.75, 3.05) is 25.0 Å². The first-order valence-electron chi connectivity index (χ1n) is 7.51. The molecule has 0 radical (unpaired) electrons. The topological polar surface area (TPSA) is 52.6 Å². The molecule has 0 saturated carbocycles. The standard InChI is InChI=1S/C16H23FN2O2/c1-12-6-7-13(17)10-15(12)18-16(21)11-19-8-2-4-14(19)5-3-9-20/h6-7,10,14,20H,2-5,8-9,11H2,1H3,(H,18,21). The molecule has 1 unspecified atom stereocenters. The summed E-state index contributed by atoms with van der Waals surface area (Å²) < 4.78 is 13.2. The number of amides is 1. The van der Waals surface area contributed by atoms with E-state index >= 15 is 0 Å². The number of aliphatic hydroxyl groups excluding tert-OH is 1. The normalized spacial score (nSPS) is 18.9. The second kappa shape index (κ2) is 7.52. The molecule has 0 spiro atoms. The maximum Gasteiger partial charge on any atom is 0.238 e. The minimum Gasteiger partial charge on any atom is -0.396 e. The summed E-state index contributed by atoms with van der Waals surface area (Å²) in [5, 5.41) is 11.7. The van der Waals surface area contributed by atoms with E-state index in [4.69, 9.17) is 5.11 Å². The molecule has 2 N–H and O–H groups in total. The van der Waals surface area contributed by atoms with Gasteiger partial charge >= 0.3 is 0 Å². The van der Waals surface area contributed by atoms with Gasteiger partial charge < -0.3 is 10.4 Å². The van der Waals surface area contributed by atoms with Gasteiger partial charge in [0.25, 0.3) is 0 Å². The van der Waals surface area contributed by atoms with E-state index in [2.05, 4.69) is 10.2 Å². The molecule has 116 valence electrons. The van der Waals surface area contributed by atoms with Gasteiger partial charge in [0.1, 0.15) is 5.82 Å². The van der Waals surface area contributed by atoms with Gasteiger partial charge in [0.2, 0.25) is 5.91 Å². The van der Waals surface area contributed by atoms with Crippen molar-refractivity contribution in [3.05, 3.63) is 29.6 Å². The van der Waals surface area contributed by atoms with Crippen molar-refractivity contribution >= 4 is 11.6 Å². The van der Waals surface area contributed by atoms with E-state index in [-0.39, 0.29) is 18.3 Å². The molecule has 0 aliphatic carbocycles. The van der Waals surface area contributed by atoms with E-state index in [9.17, 15) is 9.18 Å².